The lowest BCUT2D eigenvalue weighted by atomic mass is 10.0. The molecule has 0 bridgehead atoms. The fourth-order valence-corrected chi connectivity index (χ4v) is 2.10. The van der Waals surface area contributed by atoms with Crippen LogP contribution >= 0.6 is 15.9 Å². The van der Waals surface area contributed by atoms with Crippen LogP contribution in [-0.4, -0.2) is 18.4 Å². The van der Waals surface area contributed by atoms with Crippen LogP contribution in [-0.2, 0) is 11.2 Å². The molecule has 1 unspecified atom stereocenters. The molecule has 0 saturated carbocycles. The van der Waals surface area contributed by atoms with Crippen LogP contribution in [0.3, 0.4) is 0 Å². The number of rotatable bonds is 6. The largest absolute Gasteiger partial charge is 0.373 e. The Bertz CT molecular complexity index is 395. The van der Waals surface area contributed by atoms with E-state index in [0.29, 0.717) is 18.7 Å². The Morgan fingerprint density at radius 2 is 2.24 bits per heavy atom. The fourth-order valence-electron chi connectivity index (χ4n) is 1.55. The van der Waals surface area contributed by atoms with Gasteiger partial charge >= 0.3 is 0 Å². The third-order valence-corrected chi connectivity index (χ3v) is 3.32. The van der Waals surface area contributed by atoms with Gasteiger partial charge in [-0.2, -0.15) is 0 Å². The third kappa shape index (κ3) is 4.56. The lowest BCUT2D eigenvalue weighted by Gasteiger charge is -2.13. The quantitative estimate of drug-likeness (QED) is 0.793. The van der Waals surface area contributed by atoms with Crippen molar-refractivity contribution in [3.63, 3.8) is 0 Å². The van der Waals surface area contributed by atoms with Crippen molar-refractivity contribution in [1.29, 1.82) is 5.41 Å². The van der Waals surface area contributed by atoms with Crippen molar-refractivity contribution in [3.8, 4) is 0 Å². The van der Waals surface area contributed by atoms with Crippen LogP contribution < -0.4 is 0 Å². The standard InChI is InChI=1S/C13H17BrFNO/c1-3-17-9(2)13(16)7-5-10-4-6-11(15)8-12(10)14/h4,6,8-9,16H,3,5,7H2,1-2H3. The zero-order valence-corrected chi connectivity index (χ0v) is 11.7. The maximum Gasteiger partial charge on any atom is 0.124 e. The Morgan fingerprint density at radius 3 is 2.82 bits per heavy atom. The summed E-state index contributed by atoms with van der Waals surface area (Å²) in [5.41, 5.74) is 1.59. The minimum Gasteiger partial charge on any atom is -0.373 e. The molecule has 94 valence electrons. The molecule has 0 fully saturated rings. The SMILES string of the molecule is CCOC(C)C(=N)CCc1ccc(F)cc1Br. The minimum atomic E-state index is -0.251. The molecule has 1 rings (SSSR count). The summed E-state index contributed by atoms with van der Waals surface area (Å²) in [5.74, 6) is -0.251. The van der Waals surface area contributed by atoms with Gasteiger partial charge in [-0.1, -0.05) is 22.0 Å². The van der Waals surface area contributed by atoms with Gasteiger partial charge in [0.25, 0.3) is 0 Å². The highest BCUT2D eigenvalue weighted by atomic mass is 79.9. The highest BCUT2D eigenvalue weighted by molar-refractivity contribution is 9.10. The first kappa shape index (κ1) is 14.3. The first-order valence-corrected chi connectivity index (χ1v) is 6.46. The van der Waals surface area contributed by atoms with Gasteiger partial charge in [0.15, 0.2) is 0 Å². The molecule has 1 N–H and O–H groups in total. The van der Waals surface area contributed by atoms with Crippen LogP contribution in [0.2, 0.25) is 0 Å². The first-order chi connectivity index (χ1) is 8.04. The summed E-state index contributed by atoms with van der Waals surface area (Å²) in [6.07, 6.45) is 1.21. The van der Waals surface area contributed by atoms with Gasteiger partial charge in [-0.05, 0) is 44.4 Å². The summed E-state index contributed by atoms with van der Waals surface area (Å²) in [4.78, 5) is 0. The second-order valence-electron chi connectivity index (χ2n) is 3.86. The van der Waals surface area contributed by atoms with Crippen LogP contribution in [0.1, 0.15) is 25.8 Å². The molecule has 1 aromatic rings. The summed E-state index contributed by atoms with van der Waals surface area (Å²) in [5, 5.41) is 7.85. The molecule has 4 heteroatoms. The molecule has 0 aliphatic rings. The van der Waals surface area contributed by atoms with Crippen molar-refractivity contribution in [2.24, 2.45) is 0 Å². The van der Waals surface area contributed by atoms with E-state index in [1.807, 2.05) is 13.8 Å². The lowest BCUT2D eigenvalue weighted by molar-refractivity contribution is 0.120. The maximum atomic E-state index is 12.9. The molecule has 0 radical (unpaired) electrons. The van der Waals surface area contributed by atoms with Gasteiger partial charge in [0.1, 0.15) is 5.82 Å². The zero-order chi connectivity index (χ0) is 12.8. The molecule has 0 heterocycles. The summed E-state index contributed by atoms with van der Waals surface area (Å²) in [6, 6.07) is 4.64. The van der Waals surface area contributed by atoms with E-state index in [-0.39, 0.29) is 11.9 Å². The van der Waals surface area contributed by atoms with Crippen molar-refractivity contribution >= 4 is 21.6 Å². The first-order valence-electron chi connectivity index (χ1n) is 5.67. The number of nitrogens with one attached hydrogen (secondary N) is 1. The van der Waals surface area contributed by atoms with E-state index in [1.165, 1.54) is 12.1 Å². The number of ether oxygens (including phenoxy) is 1. The maximum absolute atomic E-state index is 12.9. The molecular weight excluding hydrogens is 285 g/mol. The second kappa shape index (κ2) is 6.87. The van der Waals surface area contributed by atoms with E-state index >= 15 is 0 Å². The number of hydrogen-bond donors (Lipinski definition) is 1. The van der Waals surface area contributed by atoms with Gasteiger partial charge < -0.3 is 10.1 Å². The zero-order valence-electron chi connectivity index (χ0n) is 10.1. The Hall–Kier alpha value is -0.740. The van der Waals surface area contributed by atoms with Crippen LogP contribution in [0.5, 0.6) is 0 Å². The average molecular weight is 302 g/mol. The van der Waals surface area contributed by atoms with Gasteiger partial charge in [-0.15, -0.1) is 0 Å². The summed E-state index contributed by atoms with van der Waals surface area (Å²) < 4.78 is 19.0. The summed E-state index contributed by atoms with van der Waals surface area (Å²) in [6.45, 7) is 4.41. The van der Waals surface area contributed by atoms with Crippen molar-refractivity contribution < 1.29 is 9.13 Å². The molecule has 0 aliphatic carbocycles. The molecular formula is C13H17BrFNO. The Kier molecular flexibility index (Phi) is 5.78. The monoisotopic (exact) mass is 301 g/mol. The summed E-state index contributed by atoms with van der Waals surface area (Å²) >= 11 is 3.32. The number of aryl methyl sites for hydroxylation is 1. The van der Waals surface area contributed by atoms with Gasteiger partial charge in [-0.3, -0.25) is 0 Å². The Balaban J connectivity index is 2.53. The van der Waals surface area contributed by atoms with Gasteiger partial charge in [0, 0.05) is 16.8 Å². The van der Waals surface area contributed by atoms with E-state index in [4.69, 9.17) is 10.1 Å². The van der Waals surface area contributed by atoms with E-state index in [2.05, 4.69) is 15.9 Å². The van der Waals surface area contributed by atoms with Crippen LogP contribution in [0.25, 0.3) is 0 Å². The molecule has 2 nitrogen and oxygen atoms in total. The van der Waals surface area contributed by atoms with Gasteiger partial charge in [0.2, 0.25) is 0 Å². The average Bonchev–Trinajstić information content (AvgIpc) is 2.27. The second-order valence-corrected chi connectivity index (χ2v) is 4.71. The van der Waals surface area contributed by atoms with Crippen LogP contribution in [0.4, 0.5) is 4.39 Å². The van der Waals surface area contributed by atoms with Crippen molar-refractivity contribution in [1.82, 2.24) is 0 Å². The highest BCUT2D eigenvalue weighted by Gasteiger charge is 2.09. The van der Waals surface area contributed by atoms with E-state index in [1.54, 1.807) is 6.07 Å². The smallest absolute Gasteiger partial charge is 0.124 e. The minimum absolute atomic E-state index is 0.140. The lowest BCUT2D eigenvalue weighted by Crippen LogP contribution is -2.20. The molecule has 0 spiro atoms. The van der Waals surface area contributed by atoms with Crippen molar-refractivity contribution in [2.75, 3.05) is 6.61 Å². The Labute approximate surface area is 110 Å². The topological polar surface area (TPSA) is 33.1 Å². The van der Waals surface area contributed by atoms with Crippen molar-refractivity contribution in [3.05, 3.63) is 34.1 Å². The number of hydrogen-bond acceptors (Lipinski definition) is 2. The molecule has 0 aromatic heterocycles. The van der Waals surface area contributed by atoms with Crippen LogP contribution in [0.15, 0.2) is 22.7 Å². The van der Waals surface area contributed by atoms with Gasteiger partial charge in [-0.25, -0.2) is 4.39 Å². The predicted octanol–water partition coefficient (Wildman–Crippen LogP) is 3.97. The molecule has 1 atom stereocenters. The molecule has 1 aromatic carbocycles. The number of halogens is 2. The third-order valence-electron chi connectivity index (χ3n) is 2.59. The fraction of sp³-hybridized carbons (Fsp3) is 0.462. The van der Waals surface area contributed by atoms with E-state index in [9.17, 15) is 4.39 Å². The Morgan fingerprint density at radius 1 is 1.53 bits per heavy atom. The summed E-state index contributed by atoms with van der Waals surface area (Å²) in [7, 11) is 0. The highest BCUT2D eigenvalue weighted by Crippen LogP contribution is 2.19. The molecule has 0 amide bonds. The molecule has 17 heavy (non-hydrogen) atoms. The van der Waals surface area contributed by atoms with Crippen molar-refractivity contribution in [2.45, 2.75) is 32.8 Å². The number of benzene rings is 1. The molecule has 0 saturated heterocycles. The molecule has 0 aliphatic heterocycles. The normalized spacial score (nSPS) is 12.5. The van der Waals surface area contributed by atoms with E-state index in [0.717, 1.165) is 16.5 Å². The van der Waals surface area contributed by atoms with Gasteiger partial charge in [0.05, 0.1) is 6.10 Å². The van der Waals surface area contributed by atoms with E-state index < -0.39 is 0 Å². The van der Waals surface area contributed by atoms with Crippen LogP contribution in [0, 0.1) is 11.2 Å². The predicted molar refractivity (Wildman–Crippen MR) is 71.2 cm³/mol.